The van der Waals surface area contributed by atoms with E-state index in [1.54, 1.807) is 0 Å². The molecule has 5 nitrogen and oxygen atoms in total. The molecule has 1 atom stereocenters. The largest absolute Gasteiger partial charge is 0.491 e. The average Bonchev–Trinajstić information content (AvgIpc) is 2.61. The van der Waals surface area contributed by atoms with Gasteiger partial charge in [-0.3, -0.25) is 4.79 Å². The first-order valence-electron chi connectivity index (χ1n) is 8.86. The minimum atomic E-state index is -0.405. The number of carbonyl (C=O) groups is 1. The number of amides is 1. The smallest absolute Gasteiger partial charge is 0.255 e. The lowest BCUT2D eigenvalue weighted by Crippen LogP contribution is -2.45. The van der Waals surface area contributed by atoms with Gasteiger partial charge in [-0.25, -0.2) is 0 Å². The van der Waals surface area contributed by atoms with E-state index in [0.717, 1.165) is 22.7 Å². The van der Waals surface area contributed by atoms with Crippen molar-refractivity contribution in [3.05, 3.63) is 71.4 Å². The molecule has 1 aliphatic rings. The Hall–Kier alpha value is -2.86. The van der Waals surface area contributed by atoms with Gasteiger partial charge in [0.25, 0.3) is 5.91 Å². The minimum absolute atomic E-state index is 0.0199. The second-order valence-corrected chi connectivity index (χ2v) is 7.00. The summed E-state index contributed by atoms with van der Waals surface area (Å²) < 4.78 is 5.96. The topological polar surface area (TPSA) is 62.4 Å². The van der Waals surface area contributed by atoms with Gasteiger partial charge in [-0.05, 0) is 51.2 Å². The summed E-state index contributed by atoms with van der Waals surface area (Å²) in [5.74, 6) is 0.540. The van der Waals surface area contributed by atoms with E-state index in [2.05, 4.69) is 16.0 Å². The molecule has 1 amide bonds. The highest BCUT2D eigenvalue weighted by Gasteiger charge is 2.31. The number of ether oxygens (including phenoxy) is 1. The van der Waals surface area contributed by atoms with Gasteiger partial charge in [0.15, 0.2) is 5.11 Å². The van der Waals surface area contributed by atoms with Crippen molar-refractivity contribution in [3.8, 4) is 5.75 Å². The van der Waals surface area contributed by atoms with Gasteiger partial charge in [0.05, 0.1) is 17.7 Å². The molecule has 2 aromatic rings. The Morgan fingerprint density at radius 3 is 2.48 bits per heavy atom. The van der Waals surface area contributed by atoms with Gasteiger partial charge in [-0.1, -0.05) is 36.4 Å². The number of anilines is 1. The van der Waals surface area contributed by atoms with Crippen molar-refractivity contribution in [2.24, 2.45) is 0 Å². The number of thiocarbonyl (C=S) groups is 1. The molecule has 140 valence electrons. The Morgan fingerprint density at radius 2 is 1.78 bits per heavy atom. The first kappa shape index (κ1) is 18.9. The van der Waals surface area contributed by atoms with Crippen LogP contribution in [0.25, 0.3) is 0 Å². The van der Waals surface area contributed by atoms with Crippen molar-refractivity contribution < 1.29 is 9.53 Å². The van der Waals surface area contributed by atoms with Crippen LogP contribution in [0, 0.1) is 0 Å². The average molecular weight is 382 g/mol. The molecule has 0 saturated carbocycles. The summed E-state index contributed by atoms with van der Waals surface area (Å²) in [6.45, 7) is 5.80. The molecule has 1 heterocycles. The molecule has 3 N–H and O–H groups in total. The van der Waals surface area contributed by atoms with Gasteiger partial charge < -0.3 is 20.7 Å². The van der Waals surface area contributed by atoms with Crippen LogP contribution in [0.2, 0.25) is 0 Å². The predicted octanol–water partition coefficient (Wildman–Crippen LogP) is 3.91. The molecule has 0 aliphatic carbocycles. The Bertz CT molecular complexity index is 878. The van der Waals surface area contributed by atoms with Crippen molar-refractivity contribution in [1.29, 1.82) is 0 Å². The highest BCUT2D eigenvalue weighted by molar-refractivity contribution is 7.80. The minimum Gasteiger partial charge on any atom is -0.491 e. The number of benzene rings is 2. The lowest BCUT2D eigenvalue weighted by molar-refractivity contribution is -0.113. The third-order valence-corrected chi connectivity index (χ3v) is 4.36. The Balaban J connectivity index is 1.99. The highest BCUT2D eigenvalue weighted by Crippen LogP contribution is 2.34. The molecule has 0 radical (unpaired) electrons. The zero-order valence-corrected chi connectivity index (χ0v) is 16.4. The zero-order valence-electron chi connectivity index (χ0n) is 15.6. The number of nitrogens with one attached hydrogen (secondary N) is 3. The molecule has 0 unspecified atom stereocenters. The number of hydrogen-bond acceptors (Lipinski definition) is 3. The zero-order chi connectivity index (χ0) is 19.4. The molecular formula is C21H23N3O2S. The van der Waals surface area contributed by atoms with E-state index >= 15 is 0 Å². The van der Waals surface area contributed by atoms with E-state index < -0.39 is 6.04 Å². The normalized spacial score (nSPS) is 16.6. The number of allylic oxidation sites excluding steroid dienone is 1. The van der Waals surface area contributed by atoms with E-state index in [4.69, 9.17) is 17.0 Å². The highest BCUT2D eigenvalue weighted by atomic mass is 32.1. The van der Waals surface area contributed by atoms with E-state index in [-0.39, 0.29) is 12.0 Å². The number of carbonyl (C=O) groups excluding carboxylic acids is 1. The van der Waals surface area contributed by atoms with Crippen molar-refractivity contribution in [2.45, 2.75) is 32.9 Å². The molecule has 6 heteroatoms. The molecule has 3 rings (SSSR count). The van der Waals surface area contributed by atoms with Crippen LogP contribution < -0.4 is 20.7 Å². The van der Waals surface area contributed by atoms with Crippen molar-refractivity contribution in [1.82, 2.24) is 10.6 Å². The van der Waals surface area contributed by atoms with Gasteiger partial charge in [0, 0.05) is 16.9 Å². The molecule has 0 aromatic heterocycles. The fourth-order valence-corrected chi connectivity index (χ4v) is 3.30. The van der Waals surface area contributed by atoms with E-state index in [9.17, 15) is 4.79 Å². The first-order valence-corrected chi connectivity index (χ1v) is 9.27. The molecule has 0 spiro atoms. The maximum atomic E-state index is 13.1. The Labute approximate surface area is 164 Å². The summed E-state index contributed by atoms with van der Waals surface area (Å²) in [6, 6.07) is 16.7. The van der Waals surface area contributed by atoms with Crippen LogP contribution in [-0.2, 0) is 4.79 Å². The van der Waals surface area contributed by atoms with Gasteiger partial charge in [-0.15, -0.1) is 0 Å². The Kier molecular flexibility index (Phi) is 5.76. The maximum Gasteiger partial charge on any atom is 0.255 e. The molecule has 27 heavy (non-hydrogen) atoms. The molecule has 2 aromatic carbocycles. The second kappa shape index (κ2) is 8.22. The van der Waals surface area contributed by atoms with Crippen LogP contribution in [0.3, 0.4) is 0 Å². The number of hydrogen-bond donors (Lipinski definition) is 3. The molecule has 1 aliphatic heterocycles. The van der Waals surface area contributed by atoms with Crippen LogP contribution in [0.1, 0.15) is 32.4 Å². The first-order chi connectivity index (χ1) is 13.0. The standard InChI is InChI=1S/C21H23N3O2S/c1-13(2)26-17-12-8-7-11-16(17)19-18(14(3)22-21(27)24-19)20(25)23-15-9-5-4-6-10-15/h4-13,19H,1-3H3,(H,23,25)(H2,22,24,27)/t19-/m0/s1. The summed E-state index contributed by atoms with van der Waals surface area (Å²) in [5.41, 5.74) is 2.90. The summed E-state index contributed by atoms with van der Waals surface area (Å²) in [6.07, 6.45) is 0.0199. The third-order valence-electron chi connectivity index (χ3n) is 4.14. The van der Waals surface area contributed by atoms with Gasteiger partial charge in [-0.2, -0.15) is 0 Å². The molecule has 0 saturated heterocycles. The Morgan fingerprint density at radius 1 is 1.11 bits per heavy atom. The maximum absolute atomic E-state index is 13.1. The van der Waals surface area contributed by atoms with Gasteiger partial charge in [0.2, 0.25) is 0 Å². The third kappa shape index (κ3) is 4.46. The van der Waals surface area contributed by atoms with E-state index in [0.29, 0.717) is 10.7 Å². The van der Waals surface area contributed by atoms with Gasteiger partial charge in [0.1, 0.15) is 5.75 Å². The lowest BCUT2D eigenvalue weighted by atomic mass is 9.94. The summed E-state index contributed by atoms with van der Waals surface area (Å²) >= 11 is 5.33. The molecule has 0 fully saturated rings. The second-order valence-electron chi connectivity index (χ2n) is 6.59. The predicted molar refractivity (Wildman–Crippen MR) is 112 cm³/mol. The van der Waals surface area contributed by atoms with E-state index in [1.807, 2.05) is 75.4 Å². The molecule has 0 bridgehead atoms. The van der Waals surface area contributed by atoms with Crippen LogP contribution in [0.4, 0.5) is 5.69 Å². The van der Waals surface area contributed by atoms with Crippen LogP contribution >= 0.6 is 12.2 Å². The lowest BCUT2D eigenvalue weighted by Gasteiger charge is -2.31. The van der Waals surface area contributed by atoms with Crippen molar-refractivity contribution in [3.63, 3.8) is 0 Å². The monoisotopic (exact) mass is 381 g/mol. The van der Waals surface area contributed by atoms with Crippen LogP contribution in [-0.4, -0.2) is 17.1 Å². The number of rotatable bonds is 5. The fraction of sp³-hybridized carbons (Fsp3) is 0.238. The van der Waals surface area contributed by atoms with Crippen LogP contribution in [0.15, 0.2) is 65.9 Å². The number of para-hydroxylation sites is 2. The van der Waals surface area contributed by atoms with Crippen molar-refractivity contribution in [2.75, 3.05) is 5.32 Å². The van der Waals surface area contributed by atoms with Gasteiger partial charge >= 0.3 is 0 Å². The SMILES string of the molecule is CC1=C(C(=O)Nc2ccccc2)[C@H](c2ccccc2OC(C)C)NC(=S)N1. The van der Waals surface area contributed by atoms with E-state index in [1.165, 1.54) is 0 Å². The quantitative estimate of drug-likeness (QED) is 0.686. The van der Waals surface area contributed by atoms with Crippen LogP contribution in [0.5, 0.6) is 5.75 Å². The summed E-state index contributed by atoms with van der Waals surface area (Å²) in [4.78, 5) is 13.1. The summed E-state index contributed by atoms with van der Waals surface area (Å²) in [5, 5.41) is 9.71. The van der Waals surface area contributed by atoms with Crippen molar-refractivity contribution >= 4 is 28.9 Å². The summed E-state index contributed by atoms with van der Waals surface area (Å²) in [7, 11) is 0. The fourth-order valence-electron chi connectivity index (χ4n) is 3.03. The molecular weight excluding hydrogens is 358 g/mol.